The Morgan fingerprint density at radius 1 is 1.00 bits per heavy atom. The maximum Gasteiger partial charge on any atom is 0.325 e. The SMILES string of the molecule is O=C1N[C@H](c2ccc(OCCO)cc2)C(=O)N1[C@@H](Cc1ccccc1)c1ncc(-c2ccc(Cl)cc2)[nH]1. The van der Waals surface area contributed by atoms with E-state index in [9.17, 15) is 9.59 Å². The third-order valence-electron chi connectivity index (χ3n) is 6.19. The molecule has 1 aliphatic heterocycles. The smallest absolute Gasteiger partial charge is 0.325 e. The molecule has 1 saturated heterocycles. The molecule has 0 aliphatic carbocycles. The second-order valence-corrected chi connectivity index (χ2v) is 9.06. The molecule has 2 atom stereocenters. The van der Waals surface area contributed by atoms with E-state index in [4.69, 9.17) is 21.4 Å². The Hall–Kier alpha value is -4.14. The van der Waals surface area contributed by atoms with Crippen LogP contribution in [0.2, 0.25) is 5.02 Å². The van der Waals surface area contributed by atoms with Gasteiger partial charge in [0.1, 0.15) is 30.3 Å². The van der Waals surface area contributed by atoms with Crippen LogP contribution in [0.25, 0.3) is 11.3 Å². The van der Waals surface area contributed by atoms with Gasteiger partial charge in [0.2, 0.25) is 0 Å². The fourth-order valence-electron chi connectivity index (χ4n) is 4.36. The van der Waals surface area contributed by atoms with Crippen LogP contribution in [0.1, 0.15) is 29.0 Å². The normalized spacial score (nSPS) is 16.1. The molecular formula is C28H25ClN4O4. The Morgan fingerprint density at radius 2 is 1.73 bits per heavy atom. The number of carbonyl (C=O) groups is 2. The molecule has 0 unspecified atom stereocenters. The van der Waals surface area contributed by atoms with Gasteiger partial charge in [-0.05, 0) is 41.0 Å². The van der Waals surface area contributed by atoms with Crippen molar-refractivity contribution in [3.63, 3.8) is 0 Å². The topological polar surface area (TPSA) is 108 Å². The number of hydrogen-bond acceptors (Lipinski definition) is 5. The lowest BCUT2D eigenvalue weighted by Crippen LogP contribution is -2.36. The average molecular weight is 517 g/mol. The molecule has 188 valence electrons. The number of nitrogens with one attached hydrogen (secondary N) is 2. The van der Waals surface area contributed by atoms with Crippen LogP contribution in [0.15, 0.2) is 85.1 Å². The van der Waals surface area contributed by atoms with Crippen LogP contribution in [-0.4, -0.2) is 45.1 Å². The molecule has 1 fully saturated rings. The molecule has 37 heavy (non-hydrogen) atoms. The van der Waals surface area contributed by atoms with E-state index in [1.807, 2.05) is 42.5 Å². The van der Waals surface area contributed by atoms with E-state index in [2.05, 4.69) is 15.3 Å². The number of aliphatic hydroxyl groups is 1. The zero-order chi connectivity index (χ0) is 25.8. The quantitative estimate of drug-likeness (QED) is 0.280. The predicted octanol–water partition coefficient (Wildman–Crippen LogP) is 4.68. The van der Waals surface area contributed by atoms with Gasteiger partial charge in [-0.15, -0.1) is 0 Å². The van der Waals surface area contributed by atoms with Crippen LogP contribution < -0.4 is 10.1 Å². The van der Waals surface area contributed by atoms with Crippen molar-refractivity contribution in [2.24, 2.45) is 0 Å². The van der Waals surface area contributed by atoms with E-state index in [1.54, 1.807) is 42.6 Å². The van der Waals surface area contributed by atoms with Crippen molar-refractivity contribution in [1.82, 2.24) is 20.2 Å². The number of rotatable bonds is 9. The molecule has 8 nitrogen and oxygen atoms in total. The van der Waals surface area contributed by atoms with Gasteiger partial charge < -0.3 is 20.1 Å². The number of halogens is 1. The van der Waals surface area contributed by atoms with Crippen LogP contribution in [-0.2, 0) is 11.2 Å². The standard InChI is InChI=1S/C28H25ClN4O4/c29-21-10-6-19(7-11-21)23-17-30-26(31-23)24(16-18-4-2-1-3-5-18)33-27(35)25(32-28(33)36)20-8-12-22(13-9-20)37-15-14-34/h1-13,17,24-25,34H,14-16H2,(H,30,31)(H,32,36)/t24-,25+/m0/s1. The van der Waals surface area contributed by atoms with Crippen molar-refractivity contribution in [1.29, 1.82) is 0 Å². The lowest BCUT2D eigenvalue weighted by molar-refractivity contribution is -0.129. The summed E-state index contributed by atoms with van der Waals surface area (Å²) in [5, 5.41) is 12.4. The molecular weight excluding hydrogens is 492 g/mol. The zero-order valence-electron chi connectivity index (χ0n) is 19.8. The van der Waals surface area contributed by atoms with Crippen molar-refractivity contribution >= 4 is 23.5 Å². The van der Waals surface area contributed by atoms with Crippen molar-refractivity contribution < 1.29 is 19.4 Å². The van der Waals surface area contributed by atoms with Gasteiger partial charge in [-0.3, -0.25) is 9.69 Å². The number of aliphatic hydroxyl groups excluding tert-OH is 1. The molecule has 3 amide bonds. The number of ether oxygens (including phenoxy) is 1. The van der Waals surface area contributed by atoms with Crippen molar-refractivity contribution in [3.8, 4) is 17.0 Å². The predicted molar refractivity (Wildman–Crippen MR) is 139 cm³/mol. The lowest BCUT2D eigenvalue weighted by atomic mass is 10.0. The number of amides is 3. The minimum atomic E-state index is -0.830. The minimum absolute atomic E-state index is 0.0941. The number of benzene rings is 3. The number of hydrogen-bond donors (Lipinski definition) is 3. The molecule has 9 heteroatoms. The first kappa shape index (κ1) is 24.5. The first-order chi connectivity index (χ1) is 18.0. The number of aromatic nitrogens is 2. The fraction of sp³-hybridized carbons (Fsp3) is 0.179. The highest BCUT2D eigenvalue weighted by atomic mass is 35.5. The van der Waals surface area contributed by atoms with Gasteiger partial charge in [-0.25, -0.2) is 9.78 Å². The highest BCUT2D eigenvalue weighted by Crippen LogP contribution is 2.33. The van der Waals surface area contributed by atoms with Crippen molar-refractivity contribution in [2.45, 2.75) is 18.5 Å². The maximum atomic E-state index is 13.6. The van der Waals surface area contributed by atoms with Gasteiger partial charge in [0.05, 0.1) is 18.5 Å². The first-order valence-electron chi connectivity index (χ1n) is 11.9. The monoisotopic (exact) mass is 516 g/mol. The summed E-state index contributed by atoms with van der Waals surface area (Å²) < 4.78 is 5.40. The second-order valence-electron chi connectivity index (χ2n) is 8.63. The fourth-order valence-corrected chi connectivity index (χ4v) is 4.49. The Balaban J connectivity index is 1.44. The number of H-pyrrole nitrogens is 1. The molecule has 0 spiro atoms. The molecule has 0 radical (unpaired) electrons. The van der Waals surface area contributed by atoms with Gasteiger partial charge in [0.15, 0.2) is 0 Å². The number of nitrogens with zero attached hydrogens (tertiary/aromatic N) is 2. The van der Waals surface area contributed by atoms with Gasteiger partial charge in [0.25, 0.3) is 5.91 Å². The van der Waals surface area contributed by atoms with Crippen LogP contribution >= 0.6 is 11.6 Å². The van der Waals surface area contributed by atoms with E-state index in [0.717, 1.165) is 16.8 Å². The molecule has 1 aliphatic rings. The molecule has 4 aromatic rings. The average Bonchev–Trinajstić information content (AvgIpc) is 3.52. The number of imide groups is 1. The summed E-state index contributed by atoms with van der Waals surface area (Å²) in [4.78, 5) is 35.9. The van der Waals surface area contributed by atoms with E-state index >= 15 is 0 Å². The third-order valence-corrected chi connectivity index (χ3v) is 6.45. The van der Waals surface area contributed by atoms with Crippen molar-refractivity contribution in [2.75, 3.05) is 13.2 Å². The van der Waals surface area contributed by atoms with Crippen LogP contribution in [0.4, 0.5) is 4.79 Å². The largest absolute Gasteiger partial charge is 0.491 e. The highest BCUT2D eigenvalue weighted by Gasteiger charge is 2.44. The van der Waals surface area contributed by atoms with Gasteiger partial charge >= 0.3 is 6.03 Å². The number of carbonyl (C=O) groups excluding carboxylic acids is 2. The summed E-state index contributed by atoms with van der Waals surface area (Å²) in [5.41, 5.74) is 3.25. The molecule has 0 saturated carbocycles. The van der Waals surface area contributed by atoms with Crippen LogP contribution in [0.5, 0.6) is 5.75 Å². The summed E-state index contributed by atoms with van der Waals surface area (Å²) in [6.07, 6.45) is 2.09. The molecule has 3 aromatic carbocycles. The molecule has 2 heterocycles. The number of aromatic amines is 1. The molecule has 1 aromatic heterocycles. The first-order valence-corrected chi connectivity index (χ1v) is 12.2. The van der Waals surface area contributed by atoms with Gasteiger partial charge in [-0.2, -0.15) is 0 Å². The number of imidazole rings is 1. The third kappa shape index (κ3) is 5.35. The summed E-state index contributed by atoms with van der Waals surface area (Å²) in [6.45, 7) is 0.0811. The Morgan fingerprint density at radius 3 is 2.43 bits per heavy atom. The summed E-state index contributed by atoms with van der Waals surface area (Å²) in [5.74, 6) is 0.712. The lowest BCUT2D eigenvalue weighted by Gasteiger charge is -2.24. The Kier molecular flexibility index (Phi) is 7.20. The van der Waals surface area contributed by atoms with E-state index in [1.165, 1.54) is 4.90 Å². The van der Waals surface area contributed by atoms with Crippen molar-refractivity contribution in [3.05, 3.63) is 107 Å². The van der Waals surface area contributed by atoms with E-state index in [-0.39, 0.29) is 19.1 Å². The summed E-state index contributed by atoms with van der Waals surface area (Å²) in [7, 11) is 0. The zero-order valence-corrected chi connectivity index (χ0v) is 20.6. The van der Waals surface area contributed by atoms with E-state index < -0.39 is 18.1 Å². The maximum absolute atomic E-state index is 13.6. The second kappa shape index (κ2) is 10.9. The Labute approximate surface area is 218 Å². The van der Waals surface area contributed by atoms with Crippen LogP contribution in [0, 0.1) is 0 Å². The minimum Gasteiger partial charge on any atom is -0.491 e. The summed E-state index contributed by atoms with van der Waals surface area (Å²) in [6, 6.07) is 21.9. The Bertz CT molecular complexity index is 1370. The van der Waals surface area contributed by atoms with Gasteiger partial charge in [0, 0.05) is 11.4 Å². The van der Waals surface area contributed by atoms with E-state index in [0.29, 0.717) is 28.6 Å². The summed E-state index contributed by atoms with van der Waals surface area (Å²) >= 11 is 6.03. The highest BCUT2D eigenvalue weighted by molar-refractivity contribution is 6.30. The molecule has 5 rings (SSSR count). The van der Waals surface area contributed by atoms with Crippen LogP contribution in [0.3, 0.4) is 0 Å². The number of urea groups is 1. The molecule has 0 bridgehead atoms. The molecule has 3 N–H and O–H groups in total. The van der Waals surface area contributed by atoms with Gasteiger partial charge in [-0.1, -0.05) is 66.2 Å².